The quantitative estimate of drug-likeness (QED) is 0.790. The minimum absolute atomic E-state index is 0.159. The maximum Gasteiger partial charge on any atom is 0.403 e. The molecule has 0 aromatic rings. The SMILES string of the molecule is CCCS(=O)(=O)CC(C(=O)O)C(F)(F)F. The normalized spacial score (nSPS) is 14.9. The average molecular weight is 248 g/mol. The molecule has 0 fully saturated rings. The third kappa shape index (κ3) is 5.01. The number of rotatable bonds is 5. The summed E-state index contributed by atoms with van der Waals surface area (Å²) in [6, 6.07) is 0. The van der Waals surface area contributed by atoms with Crippen molar-refractivity contribution in [1.29, 1.82) is 0 Å². The van der Waals surface area contributed by atoms with Gasteiger partial charge >= 0.3 is 12.1 Å². The van der Waals surface area contributed by atoms with Crippen LogP contribution >= 0.6 is 0 Å². The van der Waals surface area contributed by atoms with Crippen LogP contribution in [0.15, 0.2) is 0 Å². The highest BCUT2D eigenvalue weighted by Gasteiger charge is 2.47. The van der Waals surface area contributed by atoms with Crippen LogP contribution in [0.25, 0.3) is 0 Å². The van der Waals surface area contributed by atoms with Gasteiger partial charge in [-0.3, -0.25) is 4.79 Å². The molecule has 0 spiro atoms. The van der Waals surface area contributed by atoms with Crippen molar-refractivity contribution < 1.29 is 31.5 Å². The van der Waals surface area contributed by atoms with Crippen LogP contribution in [0.5, 0.6) is 0 Å². The van der Waals surface area contributed by atoms with E-state index >= 15 is 0 Å². The first kappa shape index (κ1) is 14.2. The van der Waals surface area contributed by atoms with E-state index in [9.17, 15) is 26.4 Å². The number of alkyl halides is 3. The Bertz CT molecular complexity index is 320. The summed E-state index contributed by atoms with van der Waals surface area (Å²) in [7, 11) is -3.96. The molecule has 15 heavy (non-hydrogen) atoms. The van der Waals surface area contributed by atoms with Crippen molar-refractivity contribution in [2.45, 2.75) is 19.5 Å². The van der Waals surface area contributed by atoms with E-state index in [1.807, 2.05) is 0 Å². The molecule has 0 saturated heterocycles. The van der Waals surface area contributed by atoms with E-state index in [0.717, 1.165) is 0 Å². The van der Waals surface area contributed by atoms with Crippen LogP contribution in [0.3, 0.4) is 0 Å². The summed E-state index contributed by atoms with van der Waals surface area (Å²) in [5.41, 5.74) is 0. The Morgan fingerprint density at radius 2 is 1.87 bits per heavy atom. The van der Waals surface area contributed by atoms with Gasteiger partial charge in [0.2, 0.25) is 0 Å². The van der Waals surface area contributed by atoms with Gasteiger partial charge in [0, 0.05) is 5.75 Å². The molecule has 0 heterocycles. The van der Waals surface area contributed by atoms with Crippen LogP contribution in [0.2, 0.25) is 0 Å². The predicted molar refractivity (Wildman–Crippen MR) is 46.1 cm³/mol. The minimum Gasteiger partial charge on any atom is -0.481 e. The zero-order valence-corrected chi connectivity index (χ0v) is 8.73. The van der Waals surface area contributed by atoms with Crippen LogP contribution in [0.1, 0.15) is 13.3 Å². The van der Waals surface area contributed by atoms with Crippen LogP contribution < -0.4 is 0 Å². The lowest BCUT2D eigenvalue weighted by Crippen LogP contribution is -2.37. The minimum atomic E-state index is -5.04. The fourth-order valence-corrected chi connectivity index (χ4v) is 2.58. The van der Waals surface area contributed by atoms with Gasteiger partial charge in [-0.2, -0.15) is 13.2 Å². The Hall–Kier alpha value is -0.790. The van der Waals surface area contributed by atoms with Crippen LogP contribution in [-0.4, -0.2) is 37.2 Å². The van der Waals surface area contributed by atoms with E-state index in [1.165, 1.54) is 6.92 Å². The van der Waals surface area contributed by atoms with Crippen molar-refractivity contribution in [3.63, 3.8) is 0 Å². The molecule has 8 heteroatoms. The first-order valence-corrected chi connectivity index (χ1v) is 5.92. The van der Waals surface area contributed by atoms with Crippen molar-refractivity contribution >= 4 is 15.8 Å². The summed E-state index contributed by atoms with van der Waals surface area (Å²) in [5, 5.41) is 8.26. The van der Waals surface area contributed by atoms with E-state index in [2.05, 4.69) is 0 Å². The zero-order valence-electron chi connectivity index (χ0n) is 7.91. The number of carboxylic acids is 1. The molecule has 1 atom stereocenters. The largest absolute Gasteiger partial charge is 0.481 e. The van der Waals surface area contributed by atoms with Crippen molar-refractivity contribution in [3.8, 4) is 0 Å². The Morgan fingerprint density at radius 3 is 2.13 bits per heavy atom. The van der Waals surface area contributed by atoms with Crippen molar-refractivity contribution in [2.24, 2.45) is 5.92 Å². The maximum atomic E-state index is 12.1. The standard InChI is InChI=1S/C7H11F3O4S/c1-2-3-15(13,14)4-5(6(11)12)7(8,9)10/h5H,2-4H2,1H3,(H,11,12). The molecule has 0 radical (unpaired) electrons. The topological polar surface area (TPSA) is 71.4 Å². The number of halogens is 3. The van der Waals surface area contributed by atoms with Crippen LogP contribution in [0, 0.1) is 5.92 Å². The lowest BCUT2D eigenvalue weighted by molar-refractivity contribution is -0.189. The molecule has 0 saturated carbocycles. The predicted octanol–water partition coefficient (Wildman–Crippen LogP) is 1.07. The van der Waals surface area contributed by atoms with Crippen molar-refractivity contribution in [2.75, 3.05) is 11.5 Å². The highest BCUT2D eigenvalue weighted by Crippen LogP contribution is 2.27. The molecule has 1 N–H and O–H groups in total. The Kier molecular flexibility index (Phi) is 4.57. The van der Waals surface area contributed by atoms with Crippen molar-refractivity contribution in [3.05, 3.63) is 0 Å². The Balaban J connectivity index is 4.79. The smallest absolute Gasteiger partial charge is 0.403 e. The van der Waals surface area contributed by atoms with Gasteiger partial charge in [-0.25, -0.2) is 8.42 Å². The molecule has 90 valence electrons. The van der Waals surface area contributed by atoms with Gasteiger partial charge in [-0.15, -0.1) is 0 Å². The zero-order chi connectivity index (χ0) is 12.3. The molecule has 0 amide bonds. The average Bonchev–Trinajstić information content (AvgIpc) is 1.97. The van der Waals surface area contributed by atoms with Gasteiger partial charge in [0.15, 0.2) is 15.8 Å². The second kappa shape index (κ2) is 4.82. The monoisotopic (exact) mass is 248 g/mol. The molecule has 4 nitrogen and oxygen atoms in total. The number of sulfone groups is 1. The maximum absolute atomic E-state index is 12.1. The van der Waals surface area contributed by atoms with Gasteiger partial charge in [-0.05, 0) is 6.42 Å². The molecule has 0 aromatic heterocycles. The Labute approximate surface area is 85.0 Å². The lowest BCUT2D eigenvalue weighted by Gasteiger charge is -2.15. The van der Waals surface area contributed by atoms with E-state index in [1.54, 1.807) is 0 Å². The fourth-order valence-electron chi connectivity index (χ4n) is 0.954. The molecule has 0 aliphatic carbocycles. The number of hydrogen-bond donors (Lipinski definition) is 1. The van der Waals surface area contributed by atoms with Gasteiger partial charge in [0.05, 0.1) is 5.75 Å². The summed E-state index contributed by atoms with van der Waals surface area (Å²) >= 11 is 0. The summed E-state index contributed by atoms with van der Waals surface area (Å²) in [6.07, 6.45) is -4.88. The molecule has 0 rings (SSSR count). The van der Waals surface area contributed by atoms with E-state index in [-0.39, 0.29) is 6.42 Å². The highest BCUT2D eigenvalue weighted by atomic mass is 32.2. The van der Waals surface area contributed by atoms with Gasteiger partial charge < -0.3 is 5.11 Å². The van der Waals surface area contributed by atoms with Crippen LogP contribution in [0.4, 0.5) is 13.2 Å². The molecule has 0 bridgehead atoms. The Morgan fingerprint density at radius 1 is 1.40 bits per heavy atom. The highest BCUT2D eigenvalue weighted by molar-refractivity contribution is 7.91. The second-order valence-electron chi connectivity index (χ2n) is 3.05. The molecular formula is C7H11F3O4S. The summed E-state index contributed by atoms with van der Waals surface area (Å²) in [4.78, 5) is 10.2. The molecule has 1 unspecified atom stereocenters. The summed E-state index contributed by atoms with van der Waals surface area (Å²) in [5.74, 6) is -6.83. The number of aliphatic carboxylic acids is 1. The molecular weight excluding hydrogens is 237 g/mol. The third-order valence-corrected chi connectivity index (χ3v) is 3.50. The van der Waals surface area contributed by atoms with E-state index in [0.29, 0.717) is 0 Å². The third-order valence-electron chi connectivity index (χ3n) is 1.63. The van der Waals surface area contributed by atoms with Crippen LogP contribution in [-0.2, 0) is 14.6 Å². The molecule has 0 aromatic carbocycles. The summed E-state index contributed by atoms with van der Waals surface area (Å²) < 4.78 is 58.3. The number of carboxylic acid groups (broad SMARTS) is 1. The van der Waals surface area contributed by atoms with Gasteiger partial charge in [0.25, 0.3) is 0 Å². The van der Waals surface area contributed by atoms with E-state index in [4.69, 9.17) is 5.11 Å². The first-order chi connectivity index (χ1) is 6.60. The fraction of sp³-hybridized carbons (Fsp3) is 0.857. The number of carbonyl (C=O) groups is 1. The lowest BCUT2D eigenvalue weighted by atomic mass is 10.2. The molecule has 0 aliphatic rings. The van der Waals surface area contributed by atoms with Gasteiger partial charge in [-0.1, -0.05) is 6.92 Å². The van der Waals surface area contributed by atoms with Crippen molar-refractivity contribution in [1.82, 2.24) is 0 Å². The second-order valence-corrected chi connectivity index (χ2v) is 5.28. The summed E-state index contributed by atoms with van der Waals surface area (Å²) in [6.45, 7) is 1.49. The van der Waals surface area contributed by atoms with Gasteiger partial charge in [0.1, 0.15) is 0 Å². The van der Waals surface area contributed by atoms with E-state index < -0.39 is 39.4 Å². The number of hydrogen-bond acceptors (Lipinski definition) is 3. The molecule has 0 aliphatic heterocycles. The first-order valence-electron chi connectivity index (χ1n) is 4.10.